The van der Waals surface area contributed by atoms with Crippen molar-refractivity contribution in [2.75, 3.05) is 0 Å². The van der Waals surface area contributed by atoms with Crippen molar-refractivity contribution in [2.45, 2.75) is 25.7 Å². The third kappa shape index (κ3) is 2.51. The molecule has 0 unspecified atom stereocenters. The summed E-state index contributed by atoms with van der Waals surface area (Å²) in [5.74, 6) is -2.34. The molecule has 1 aromatic rings. The largest absolute Gasteiger partial charge is 0.299 e. The highest BCUT2D eigenvalue weighted by atomic mass is 35.5. The summed E-state index contributed by atoms with van der Waals surface area (Å²) >= 11 is 13.1. The van der Waals surface area contributed by atoms with Gasteiger partial charge in [0, 0.05) is 18.8 Å². The van der Waals surface area contributed by atoms with Gasteiger partial charge in [-0.15, -0.1) is 11.3 Å². The molecular formula is C12H10Cl2O3S. The van der Waals surface area contributed by atoms with Gasteiger partial charge < -0.3 is 0 Å². The molecule has 0 bridgehead atoms. The van der Waals surface area contributed by atoms with Crippen molar-refractivity contribution in [3.05, 3.63) is 20.3 Å². The first-order chi connectivity index (χ1) is 8.40. The summed E-state index contributed by atoms with van der Waals surface area (Å²) in [6.07, 6.45) is 0.339. The SMILES string of the molecule is CC(=O)C1C(=O)CC(c2cc(Cl)sc2Cl)CC1=O. The molecule has 0 saturated heterocycles. The Morgan fingerprint density at radius 2 is 1.83 bits per heavy atom. The molecular weight excluding hydrogens is 295 g/mol. The summed E-state index contributed by atoms with van der Waals surface area (Å²) in [4.78, 5) is 34.9. The van der Waals surface area contributed by atoms with Gasteiger partial charge in [-0.05, 0) is 18.6 Å². The van der Waals surface area contributed by atoms with Crippen molar-refractivity contribution in [3.8, 4) is 0 Å². The van der Waals surface area contributed by atoms with E-state index in [-0.39, 0.29) is 36.1 Å². The number of hydrogen-bond acceptors (Lipinski definition) is 4. The van der Waals surface area contributed by atoms with Gasteiger partial charge in [0.25, 0.3) is 0 Å². The number of halogens is 2. The minimum absolute atomic E-state index is 0.169. The minimum atomic E-state index is -1.07. The zero-order valence-electron chi connectivity index (χ0n) is 9.54. The van der Waals surface area contributed by atoms with Gasteiger partial charge in [0.05, 0.1) is 8.67 Å². The molecule has 3 nitrogen and oxygen atoms in total. The van der Waals surface area contributed by atoms with Crippen molar-refractivity contribution >= 4 is 51.9 Å². The number of carbonyl (C=O) groups is 3. The van der Waals surface area contributed by atoms with Crippen LogP contribution in [0, 0.1) is 5.92 Å². The van der Waals surface area contributed by atoms with Crippen molar-refractivity contribution in [1.82, 2.24) is 0 Å². The van der Waals surface area contributed by atoms with Crippen molar-refractivity contribution in [1.29, 1.82) is 0 Å². The van der Waals surface area contributed by atoms with Crippen LogP contribution in [-0.4, -0.2) is 17.3 Å². The van der Waals surface area contributed by atoms with E-state index in [9.17, 15) is 14.4 Å². The molecule has 0 radical (unpaired) electrons. The predicted molar refractivity (Wildman–Crippen MR) is 70.5 cm³/mol. The minimum Gasteiger partial charge on any atom is -0.299 e. The number of hydrogen-bond donors (Lipinski definition) is 0. The Morgan fingerprint density at radius 1 is 1.28 bits per heavy atom. The summed E-state index contributed by atoms with van der Waals surface area (Å²) in [7, 11) is 0. The topological polar surface area (TPSA) is 51.2 Å². The van der Waals surface area contributed by atoms with Crippen LogP contribution in [0.4, 0.5) is 0 Å². The van der Waals surface area contributed by atoms with E-state index < -0.39 is 5.92 Å². The lowest BCUT2D eigenvalue weighted by molar-refractivity contribution is -0.141. The first kappa shape index (κ1) is 13.7. The number of thiophene rings is 1. The highest BCUT2D eigenvalue weighted by Gasteiger charge is 2.39. The maximum Gasteiger partial charge on any atom is 0.151 e. The Morgan fingerprint density at radius 3 is 2.22 bits per heavy atom. The molecule has 96 valence electrons. The second kappa shape index (κ2) is 5.11. The number of carbonyl (C=O) groups excluding carboxylic acids is 3. The molecule has 1 aliphatic rings. The van der Waals surface area contributed by atoms with Crippen LogP contribution in [0.3, 0.4) is 0 Å². The molecule has 1 heterocycles. The van der Waals surface area contributed by atoms with Gasteiger partial charge in [-0.25, -0.2) is 0 Å². The van der Waals surface area contributed by atoms with Crippen LogP contribution in [0.25, 0.3) is 0 Å². The van der Waals surface area contributed by atoms with Crippen LogP contribution in [0.15, 0.2) is 6.07 Å². The number of rotatable bonds is 2. The van der Waals surface area contributed by atoms with Crippen LogP contribution in [-0.2, 0) is 14.4 Å². The standard InChI is InChI=1S/C12H10Cl2O3S/c1-5(15)11-8(16)2-6(3-9(11)17)7-4-10(13)18-12(7)14/h4,6,11H,2-3H2,1H3. The normalized spacial score (nSPS) is 24.4. The monoisotopic (exact) mass is 304 g/mol. The lowest BCUT2D eigenvalue weighted by Crippen LogP contribution is -2.36. The fourth-order valence-electron chi connectivity index (χ4n) is 2.28. The molecule has 1 fully saturated rings. The highest BCUT2D eigenvalue weighted by Crippen LogP contribution is 2.41. The third-order valence-electron chi connectivity index (χ3n) is 3.07. The van der Waals surface area contributed by atoms with Crippen LogP contribution in [0.5, 0.6) is 0 Å². The number of Topliss-reactive ketones (excluding diaryl/α,β-unsaturated/α-hetero) is 3. The summed E-state index contributed by atoms with van der Waals surface area (Å²) in [6.45, 7) is 1.27. The van der Waals surface area contributed by atoms with Gasteiger partial charge in [-0.1, -0.05) is 23.2 Å². The Bertz CT molecular complexity index is 517. The van der Waals surface area contributed by atoms with Gasteiger partial charge >= 0.3 is 0 Å². The molecule has 0 amide bonds. The zero-order chi connectivity index (χ0) is 13.4. The second-order valence-electron chi connectivity index (χ2n) is 4.36. The molecule has 2 rings (SSSR count). The van der Waals surface area contributed by atoms with E-state index >= 15 is 0 Å². The van der Waals surface area contributed by atoms with E-state index in [2.05, 4.69) is 0 Å². The van der Waals surface area contributed by atoms with Crippen molar-refractivity contribution < 1.29 is 14.4 Å². The fraction of sp³-hybridized carbons (Fsp3) is 0.417. The fourth-order valence-corrected chi connectivity index (χ4v) is 3.90. The Labute approximate surface area is 118 Å². The number of ketones is 3. The first-order valence-corrected chi connectivity index (χ1v) is 6.98. The van der Waals surface area contributed by atoms with Crippen LogP contribution in [0.2, 0.25) is 8.67 Å². The summed E-state index contributed by atoms with van der Waals surface area (Å²) in [5.41, 5.74) is 0.732. The molecule has 0 atom stereocenters. The first-order valence-electron chi connectivity index (χ1n) is 5.40. The highest BCUT2D eigenvalue weighted by molar-refractivity contribution is 7.20. The molecule has 0 N–H and O–H groups in total. The van der Waals surface area contributed by atoms with E-state index in [0.29, 0.717) is 8.67 Å². The summed E-state index contributed by atoms with van der Waals surface area (Å²) in [6, 6.07) is 1.69. The summed E-state index contributed by atoms with van der Waals surface area (Å²) < 4.78 is 1.04. The molecule has 6 heteroatoms. The quantitative estimate of drug-likeness (QED) is 0.788. The van der Waals surface area contributed by atoms with Gasteiger partial charge in [0.1, 0.15) is 11.7 Å². The van der Waals surface area contributed by atoms with Gasteiger partial charge in [-0.2, -0.15) is 0 Å². The predicted octanol–water partition coefficient (Wildman–Crippen LogP) is 3.28. The van der Waals surface area contributed by atoms with Crippen LogP contribution >= 0.6 is 34.5 Å². The van der Waals surface area contributed by atoms with Crippen molar-refractivity contribution in [2.24, 2.45) is 5.92 Å². The third-order valence-corrected chi connectivity index (χ3v) is 4.59. The molecule has 1 aromatic heterocycles. The lowest BCUT2D eigenvalue weighted by atomic mass is 9.76. The second-order valence-corrected chi connectivity index (χ2v) is 6.65. The van der Waals surface area contributed by atoms with Gasteiger partial charge in [0.15, 0.2) is 11.6 Å². The Kier molecular flexibility index (Phi) is 3.90. The van der Waals surface area contributed by atoms with E-state index in [1.807, 2.05) is 0 Å². The maximum atomic E-state index is 11.8. The lowest BCUT2D eigenvalue weighted by Gasteiger charge is -2.24. The molecule has 1 aliphatic carbocycles. The molecule has 0 spiro atoms. The van der Waals surface area contributed by atoms with Crippen LogP contribution < -0.4 is 0 Å². The van der Waals surface area contributed by atoms with E-state index in [0.717, 1.165) is 5.56 Å². The van der Waals surface area contributed by atoms with Crippen LogP contribution in [0.1, 0.15) is 31.2 Å². The van der Waals surface area contributed by atoms with Gasteiger partial charge in [0.2, 0.25) is 0 Å². The van der Waals surface area contributed by atoms with E-state index in [1.165, 1.54) is 18.3 Å². The average molecular weight is 305 g/mol. The summed E-state index contributed by atoms with van der Waals surface area (Å²) in [5, 5.41) is 0. The Hall–Kier alpha value is -0.710. The average Bonchev–Trinajstić information content (AvgIpc) is 2.56. The zero-order valence-corrected chi connectivity index (χ0v) is 11.9. The molecule has 1 saturated carbocycles. The van der Waals surface area contributed by atoms with E-state index in [1.54, 1.807) is 6.07 Å². The van der Waals surface area contributed by atoms with Gasteiger partial charge in [-0.3, -0.25) is 14.4 Å². The molecule has 0 aliphatic heterocycles. The van der Waals surface area contributed by atoms with E-state index in [4.69, 9.17) is 23.2 Å². The van der Waals surface area contributed by atoms with Crippen molar-refractivity contribution in [3.63, 3.8) is 0 Å². The Balaban J connectivity index is 2.26. The molecule has 0 aromatic carbocycles. The maximum absolute atomic E-state index is 11.8. The molecule has 18 heavy (non-hydrogen) atoms. The smallest absolute Gasteiger partial charge is 0.151 e.